The van der Waals surface area contributed by atoms with Crippen LogP contribution in [0.25, 0.3) is 0 Å². The van der Waals surface area contributed by atoms with Crippen LogP contribution in [-0.4, -0.2) is 60.0 Å². The Balaban J connectivity index is 1.93. The number of piperidine rings is 1. The number of likely N-dealkylation sites (tertiary alicyclic amines) is 1. The van der Waals surface area contributed by atoms with E-state index in [2.05, 4.69) is 31.9 Å². The first-order valence-electron chi connectivity index (χ1n) is 10.6. The highest BCUT2D eigenvalue weighted by molar-refractivity contribution is 7.96. The zero-order chi connectivity index (χ0) is 26.7. The van der Waals surface area contributed by atoms with Gasteiger partial charge in [0.15, 0.2) is 0 Å². The summed E-state index contributed by atoms with van der Waals surface area (Å²) in [7, 11) is -4.13. The molecule has 1 saturated heterocycles. The maximum Gasteiger partial charge on any atom is 0.421 e. The monoisotopic (exact) mass is 532 g/mol. The van der Waals surface area contributed by atoms with Crippen molar-refractivity contribution in [3.63, 3.8) is 0 Å². The number of anilines is 4. The van der Waals surface area contributed by atoms with Crippen LogP contribution in [-0.2, 0) is 21.0 Å². The first-order valence-corrected chi connectivity index (χ1v) is 12.1. The molecule has 0 unspecified atom stereocenters. The minimum atomic E-state index is -4.87. The lowest BCUT2D eigenvalue weighted by atomic mass is 10.1. The molecule has 1 amide bonds. The van der Waals surface area contributed by atoms with E-state index in [-0.39, 0.29) is 34.8 Å². The van der Waals surface area contributed by atoms with Crippen molar-refractivity contribution in [1.82, 2.24) is 14.9 Å². The number of allylic oxidation sites excluding steroid dienone is 1. The number of hydrogen-bond acceptors (Lipinski definition) is 8. The zero-order valence-electron chi connectivity index (χ0n) is 19.1. The van der Waals surface area contributed by atoms with Gasteiger partial charge in [0, 0.05) is 31.4 Å². The first-order chi connectivity index (χ1) is 16.8. The van der Waals surface area contributed by atoms with Crippen molar-refractivity contribution in [2.24, 2.45) is 0 Å². The molecule has 0 aliphatic carbocycles. The highest BCUT2D eigenvalue weighted by Gasteiger charge is 2.36. The van der Waals surface area contributed by atoms with E-state index in [4.69, 9.17) is 5.11 Å². The summed E-state index contributed by atoms with van der Waals surface area (Å²) in [6.45, 7) is 4.48. The number of aromatic nitrogens is 2. The molecule has 1 fully saturated rings. The molecule has 0 spiro atoms. The van der Waals surface area contributed by atoms with E-state index in [0.717, 1.165) is 18.2 Å². The molecule has 2 heterocycles. The van der Waals surface area contributed by atoms with Gasteiger partial charge < -0.3 is 20.6 Å². The lowest BCUT2D eigenvalue weighted by Gasteiger charge is -2.32. The van der Waals surface area contributed by atoms with Crippen molar-refractivity contribution in [2.45, 2.75) is 32.0 Å². The van der Waals surface area contributed by atoms with Crippen LogP contribution in [0.15, 0.2) is 35.9 Å². The van der Waals surface area contributed by atoms with Crippen LogP contribution in [0.2, 0.25) is 0 Å². The number of rotatable bonds is 8. The predicted molar refractivity (Wildman–Crippen MR) is 124 cm³/mol. The SMILES string of the molecule is C=C(C)S(=O)(=O)Nc1cc(F)ccc1Nc1nc(N[C@H]2CCCN(C(=O)CO)C2)ncc1C(F)(F)F. The Morgan fingerprint density at radius 1 is 1.31 bits per heavy atom. The van der Waals surface area contributed by atoms with Gasteiger partial charge in [-0.05, 0) is 31.9 Å². The molecular weight excluding hydrogens is 508 g/mol. The van der Waals surface area contributed by atoms with Crippen LogP contribution >= 0.6 is 0 Å². The minimum absolute atomic E-state index is 0.181. The normalized spacial score (nSPS) is 16.4. The lowest BCUT2D eigenvalue weighted by molar-refractivity contribution is -0.137. The molecule has 0 saturated carbocycles. The molecule has 1 aromatic heterocycles. The summed E-state index contributed by atoms with van der Waals surface area (Å²) in [5, 5.41) is 14.4. The van der Waals surface area contributed by atoms with E-state index in [0.29, 0.717) is 25.6 Å². The van der Waals surface area contributed by atoms with Crippen LogP contribution in [0.4, 0.5) is 40.7 Å². The van der Waals surface area contributed by atoms with Gasteiger partial charge in [0.25, 0.3) is 10.0 Å². The quantitative estimate of drug-likeness (QED) is 0.381. The summed E-state index contributed by atoms with van der Waals surface area (Å²) in [4.78, 5) is 20.6. The lowest BCUT2D eigenvalue weighted by Crippen LogP contribution is -2.46. The Bertz CT molecular complexity index is 1260. The number of carbonyl (C=O) groups excluding carboxylic acids is 1. The van der Waals surface area contributed by atoms with E-state index in [1.807, 2.05) is 0 Å². The number of nitrogens with one attached hydrogen (secondary N) is 3. The fraction of sp³-hybridized carbons (Fsp3) is 0.381. The Kier molecular flexibility index (Phi) is 8.03. The number of amides is 1. The van der Waals surface area contributed by atoms with Gasteiger partial charge in [0.1, 0.15) is 23.8 Å². The van der Waals surface area contributed by atoms with Crippen LogP contribution in [0.1, 0.15) is 25.3 Å². The molecule has 0 bridgehead atoms. The van der Waals surface area contributed by atoms with E-state index in [9.17, 15) is 30.8 Å². The Labute approximate surface area is 204 Å². The second-order valence-electron chi connectivity index (χ2n) is 8.06. The molecule has 3 rings (SSSR count). The van der Waals surface area contributed by atoms with Crippen LogP contribution < -0.4 is 15.4 Å². The number of carbonyl (C=O) groups is 1. The number of benzene rings is 1. The molecule has 1 aromatic carbocycles. The summed E-state index contributed by atoms with van der Waals surface area (Å²) in [6, 6.07) is 2.40. The second kappa shape index (κ2) is 10.7. The third-order valence-electron chi connectivity index (χ3n) is 5.27. The van der Waals surface area contributed by atoms with Crippen LogP contribution in [0.5, 0.6) is 0 Å². The molecule has 0 radical (unpaired) electrons. The van der Waals surface area contributed by atoms with Gasteiger partial charge in [0.2, 0.25) is 11.9 Å². The van der Waals surface area contributed by atoms with Crippen molar-refractivity contribution in [3.8, 4) is 0 Å². The van der Waals surface area contributed by atoms with Crippen molar-refractivity contribution in [2.75, 3.05) is 35.1 Å². The molecule has 196 valence electrons. The third-order valence-corrected chi connectivity index (χ3v) is 6.68. The van der Waals surface area contributed by atoms with Gasteiger partial charge in [-0.25, -0.2) is 17.8 Å². The Morgan fingerprint density at radius 2 is 2.03 bits per heavy atom. The summed E-state index contributed by atoms with van der Waals surface area (Å²) < 4.78 is 81.3. The summed E-state index contributed by atoms with van der Waals surface area (Å²) in [5.41, 5.74) is -1.80. The van der Waals surface area contributed by atoms with Gasteiger partial charge >= 0.3 is 6.18 Å². The fourth-order valence-corrected chi connectivity index (χ4v) is 4.06. The van der Waals surface area contributed by atoms with Gasteiger partial charge in [-0.1, -0.05) is 6.58 Å². The smallest absolute Gasteiger partial charge is 0.387 e. The number of hydrogen-bond donors (Lipinski definition) is 4. The molecule has 4 N–H and O–H groups in total. The molecule has 1 atom stereocenters. The van der Waals surface area contributed by atoms with Crippen molar-refractivity contribution in [1.29, 1.82) is 0 Å². The summed E-state index contributed by atoms with van der Waals surface area (Å²) >= 11 is 0. The van der Waals surface area contributed by atoms with Crippen LogP contribution in [0, 0.1) is 5.82 Å². The Morgan fingerprint density at radius 3 is 2.67 bits per heavy atom. The molecule has 10 nitrogen and oxygen atoms in total. The summed E-state index contributed by atoms with van der Waals surface area (Å²) in [5.74, 6) is -2.19. The second-order valence-corrected chi connectivity index (χ2v) is 9.97. The highest BCUT2D eigenvalue weighted by Crippen LogP contribution is 2.37. The number of nitrogens with zero attached hydrogens (tertiary/aromatic N) is 3. The first kappa shape index (κ1) is 27.1. The fourth-order valence-electron chi connectivity index (χ4n) is 3.43. The van der Waals surface area contributed by atoms with E-state index in [1.165, 1.54) is 11.8 Å². The third kappa shape index (κ3) is 6.60. The molecule has 2 aromatic rings. The van der Waals surface area contributed by atoms with E-state index >= 15 is 0 Å². The number of aliphatic hydroxyl groups is 1. The van der Waals surface area contributed by atoms with Gasteiger partial charge in [-0.3, -0.25) is 9.52 Å². The number of aliphatic hydroxyl groups excluding tert-OH is 1. The molecule has 15 heteroatoms. The molecule has 1 aliphatic heterocycles. The minimum Gasteiger partial charge on any atom is -0.387 e. The average Bonchev–Trinajstić information content (AvgIpc) is 2.79. The molecule has 36 heavy (non-hydrogen) atoms. The standard InChI is InChI=1S/C21H24F4N6O4S/c1-12(2)36(34,35)30-17-8-13(22)5-6-16(17)28-19-15(21(23,24)25)9-26-20(29-19)27-14-4-3-7-31(10-14)18(33)11-32/h5-6,8-9,14,30,32H,1,3-4,7,10-11H2,2H3,(H2,26,27,28,29)/t14-/m0/s1. The average molecular weight is 533 g/mol. The number of alkyl halides is 3. The van der Waals surface area contributed by atoms with Crippen molar-refractivity contribution in [3.05, 3.63) is 47.3 Å². The summed E-state index contributed by atoms with van der Waals surface area (Å²) in [6.07, 6.45) is -3.14. The van der Waals surface area contributed by atoms with Crippen molar-refractivity contribution < 1.29 is 35.9 Å². The topological polar surface area (TPSA) is 137 Å². The highest BCUT2D eigenvalue weighted by atomic mass is 32.2. The van der Waals surface area contributed by atoms with Crippen LogP contribution in [0.3, 0.4) is 0 Å². The Hall–Kier alpha value is -3.46. The van der Waals surface area contributed by atoms with Crippen molar-refractivity contribution >= 4 is 39.1 Å². The van der Waals surface area contributed by atoms with Gasteiger partial charge in [0.05, 0.1) is 16.3 Å². The van der Waals surface area contributed by atoms with E-state index in [1.54, 1.807) is 0 Å². The molecular formula is C21H24F4N6O4S. The van der Waals surface area contributed by atoms with E-state index < -0.39 is 45.9 Å². The van der Waals surface area contributed by atoms with Gasteiger partial charge in [-0.2, -0.15) is 18.2 Å². The molecule has 1 aliphatic rings. The van der Waals surface area contributed by atoms with Gasteiger partial charge in [-0.15, -0.1) is 0 Å². The zero-order valence-corrected chi connectivity index (χ0v) is 19.9. The number of halogens is 4. The predicted octanol–water partition coefficient (Wildman–Crippen LogP) is 3.05. The maximum atomic E-state index is 13.8. The largest absolute Gasteiger partial charge is 0.421 e. The number of sulfonamides is 1. The maximum absolute atomic E-state index is 13.8.